The normalized spacial score (nSPS) is 15.9. The molecule has 3 aromatic rings. The molecule has 0 aliphatic carbocycles. The van der Waals surface area contributed by atoms with E-state index in [2.05, 4.69) is 34.1 Å². The summed E-state index contributed by atoms with van der Waals surface area (Å²) in [5, 5.41) is 1.07. The van der Waals surface area contributed by atoms with Crippen molar-refractivity contribution in [2.75, 3.05) is 13.1 Å². The number of piperidine rings is 1. The van der Waals surface area contributed by atoms with Crippen molar-refractivity contribution in [3.8, 4) is 0 Å². The van der Waals surface area contributed by atoms with Crippen molar-refractivity contribution in [3.63, 3.8) is 0 Å². The number of carbonyl (C=O) groups excluding carboxylic acids is 1. The Labute approximate surface area is 147 Å². The molecule has 4 nitrogen and oxygen atoms in total. The van der Waals surface area contributed by atoms with Gasteiger partial charge < -0.3 is 9.47 Å². The number of likely N-dealkylation sites (tertiary alicyclic amines) is 1. The van der Waals surface area contributed by atoms with Crippen molar-refractivity contribution >= 4 is 22.9 Å². The molecule has 0 bridgehead atoms. The summed E-state index contributed by atoms with van der Waals surface area (Å²) < 4.78 is 2.25. The van der Waals surface area contributed by atoms with Crippen molar-refractivity contribution in [2.24, 2.45) is 0 Å². The van der Waals surface area contributed by atoms with Crippen LogP contribution in [0.25, 0.3) is 17.0 Å². The van der Waals surface area contributed by atoms with Gasteiger partial charge in [0.15, 0.2) is 0 Å². The molecule has 0 spiro atoms. The number of aromatic nitrogens is 2. The molecule has 1 saturated heterocycles. The number of benzene rings is 1. The lowest BCUT2D eigenvalue weighted by Gasteiger charge is -2.32. The summed E-state index contributed by atoms with van der Waals surface area (Å²) in [5.74, 6) is 0.0897. The molecular formula is C21H21N3O. The molecule has 126 valence electrons. The second kappa shape index (κ2) is 6.93. The van der Waals surface area contributed by atoms with Crippen LogP contribution in [0.4, 0.5) is 0 Å². The number of carbonyl (C=O) groups is 1. The van der Waals surface area contributed by atoms with Gasteiger partial charge in [0.05, 0.1) is 5.52 Å². The quantitative estimate of drug-likeness (QED) is 0.682. The van der Waals surface area contributed by atoms with E-state index in [9.17, 15) is 4.79 Å². The van der Waals surface area contributed by atoms with Crippen LogP contribution in [-0.4, -0.2) is 33.4 Å². The summed E-state index contributed by atoms with van der Waals surface area (Å²) in [6.07, 6.45) is 11.6. The molecule has 1 fully saturated rings. The van der Waals surface area contributed by atoms with Crippen LogP contribution in [0, 0.1) is 0 Å². The minimum absolute atomic E-state index is 0.0897. The van der Waals surface area contributed by atoms with Crippen LogP contribution in [-0.2, 0) is 4.79 Å². The predicted octanol–water partition coefficient (Wildman–Crippen LogP) is 3.91. The van der Waals surface area contributed by atoms with Crippen LogP contribution < -0.4 is 0 Å². The number of nitrogens with zero attached hydrogens (tertiary/aromatic N) is 3. The smallest absolute Gasteiger partial charge is 0.246 e. The Kier molecular flexibility index (Phi) is 4.34. The van der Waals surface area contributed by atoms with Crippen LogP contribution in [0.1, 0.15) is 24.4 Å². The molecule has 1 amide bonds. The highest BCUT2D eigenvalue weighted by molar-refractivity contribution is 5.95. The fourth-order valence-electron chi connectivity index (χ4n) is 3.51. The molecule has 25 heavy (non-hydrogen) atoms. The molecule has 0 saturated carbocycles. The Morgan fingerprint density at radius 3 is 2.60 bits per heavy atom. The van der Waals surface area contributed by atoms with Crippen LogP contribution in [0.15, 0.2) is 67.1 Å². The van der Waals surface area contributed by atoms with Gasteiger partial charge >= 0.3 is 0 Å². The summed E-state index contributed by atoms with van der Waals surface area (Å²) >= 11 is 0. The lowest BCUT2D eigenvalue weighted by molar-refractivity contribution is -0.127. The Morgan fingerprint density at radius 1 is 1.04 bits per heavy atom. The topological polar surface area (TPSA) is 38.1 Å². The van der Waals surface area contributed by atoms with Gasteiger partial charge in [-0.1, -0.05) is 18.2 Å². The third-order valence-corrected chi connectivity index (χ3v) is 4.91. The van der Waals surface area contributed by atoms with Gasteiger partial charge in [0.2, 0.25) is 5.91 Å². The van der Waals surface area contributed by atoms with E-state index in [-0.39, 0.29) is 5.91 Å². The first kappa shape index (κ1) is 15.6. The van der Waals surface area contributed by atoms with Crippen molar-refractivity contribution in [1.29, 1.82) is 0 Å². The first-order valence-electron chi connectivity index (χ1n) is 8.74. The number of hydrogen-bond acceptors (Lipinski definition) is 2. The summed E-state index contributed by atoms with van der Waals surface area (Å²) in [6.45, 7) is 1.62. The first-order valence-corrected chi connectivity index (χ1v) is 8.74. The van der Waals surface area contributed by atoms with Crippen molar-refractivity contribution in [3.05, 3.63) is 72.7 Å². The molecule has 4 rings (SSSR count). The molecule has 0 unspecified atom stereocenters. The zero-order chi connectivity index (χ0) is 17.1. The second-order valence-corrected chi connectivity index (χ2v) is 6.44. The van der Waals surface area contributed by atoms with Crippen LogP contribution in [0.2, 0.25) is 0 Å². The Balaban J connectivity index is 1.43. The van der Waals surface area contributed by atoms with Crippen molar-refractivity contribution < 1.29 is 4.79 Å². The number of pyridine rings is 1. The lowest BCUT2D eigenvalue weighted by atomic mass is 10.0. The lowest BCUT2D eigenvalue weighted by Crippen LogP contribution is -2.37. The van der Waals surface area contributed by atoms with Gasteiger partial charge in [-0.2, -0.15) is 0 Å². The van der Waals surface area contributed by atoms with Gasteiger partial charge in [0.1, 0.15) is 0 Å². The van der Waals surface area contributed by atoms with E-state index < -0.39 is 0 Å². The van der Waals surface area contributed by atoms with Gasteiger partial charge in [-0.05, 0) is 48.7 Å². The first-order chi connectivity index (χ1) is 12.3. The molecule has 0 atom stereocenters. The van der Waals surface area contributed by atoms with Gasteiger partial charge in [-0.25, -0.2) is 0 Å². The number of fused-ring (bicyclic) bond motifs is 1. The fourth-order valence-corrected chi connectivity index (χ4v) is 3.51. The summed E-state index contributed by atoms with van der Waals surface area (Å²) in [5.41, 5.74) is 1.98. The average Bonchev–Trinajstić information content (AvgIpc) is 3.21. The average molecular weight is 331 g/mol. The van der Waals surface area contributed by atoms with E-state index in [1.54, 1.807) is 12.3 Å². The van der Waals surface area contributed by atoms with E-state index in [1.165, 1.54) is 0 Å². The highest BCUT2D eigenvalue weighted by Gasteiger charge is 2.22. The van der Waals surface area contributed by atoms with Gasteiger partial charge in [0.25, 0.3) is 0 Å². The molecule has 0 N–H and O–H groups in total. The minimum atomic E-state index is 0.0897. The van der Waals surface area contributed by atoms with Gasteiger partial charge in [0, 0.05) is 49.2 Å². The monoisotopic (exact) mass is 331 g/mol. The van der Waals surface area contributed by atoms with Gasteiger partial charge in [-0.15, -0.1) is 0 Å². The van der Waals surface area contributed by atoms with Crippen LogP contribution in [0.5, 0.6) is 0 Å². The minimum Gasteiger partial charge on any atom is -0.351 e. The Hall–Kier alpha value is -2.88. The number of hydrogen-bond donors (Lipinski definition) is 0. The van der Waals surface area contributed by atoms with Crippen molar-refractivity contribution in [1.82, 2.24) is 14.5 Å². The third kappa shape index (κ3) is 3.33. The molecule has 1 aromatic carbocycles. The Bertz CT molecular complexity index is 885. The summed E-state index contributed by atoms with van der Waals surface area (Å²) in [6, 6.07) is 14.6. The van der Waals surface area contributed by atoms with E-state index in [0.29, 0.717) is 6.04 Å². The van der Waals surface area contributed by atoms with E-state index in [4.69, 9.17) is 0 Å². The molecule has 1 aliphatic rings. The molecule has 2 aromatic heterocycles. The molecule has 0 radical (unpaired) electrons. The van der Waals surface area contributed by atoms with Crippen LogP contribution >= 0.6 is 0 Å². The summed E-state index contributed by atoms with van der Waals surface area (Å²) in [7, 11) is 0. The number of amides is 1. The second-order valence-electron chi connectivity index (χ2n) is 6.44. The summed E-state index contributed by atoms with van der Waals surface area (Å²) in [4.78, 5) is 18.8. The van der Waals surface area contributed by atoms with E-state index in [1.807, 2.05) is 41.3 Å². The van der Waals surface area contributed by atoms with Gasteiger partial charge in [-0.3, -0.25) is 9.78 Å². The maximum absolute atomic E-state index is 12.5. The molecular weight excluding hydrogens is 310 g/mol. The zero-order valence-electron chi connectivity index (χ0n) is 14.1. The SMILES string of the molecule is O=C(C=Cc1ccnc2ccccc12)N1CCC(n2cccc2)CC1. The van der Waals surface area contributed by atoms with Crippen LogP contribution in [0.3, 0.4) is 0 Å². The maximum atomic E-state index is 12.5. The molecule has 3 heterocycles. The standard InChI is InChI=1S/C21H21N3O/c25-21(24-15-10-18(11-16-24)23-13-3-4-14-23)8-7-17-9-12-22-20-6-2-1-5-19(17)20/h1-9,12-14,18H,10-11,15-16H2. The molecule has 4 heteroatoms. The van der Waals surface area contributed by atoms with Crippen molar-refractivity contribution in [2.45, 2.75) is 18.9 Å². The number of rotatable bonds is 3. The molecule has 1 aliphatic heterocycles. The predicted molar refractivity (Wildman–Crippen MR) is 100 cm³/mol. The fraction of sp³-hybridized carbons (Fsp3) is 0.238. The van der Waals surface area contributed by atoms with E-state index >= 15 is 0 Å². The maximum Gasteiger partial charge on any atom is 0.246 e. The van der Waals surface area contributed by atoms with E-state index in [0.717, 1.165) is 42.4 Å². The Morgan fingerprint density at radius 2 is 1.80 bits per heavy atom. The zero-order valence-corrected chi connectivity index (χ0v) is 14.1. The highest BCUT2D eigenvalue weighted by atomic mass is 16.2. The number of para-hydroxylation sites is 1. The largest absolute Gasteiger partial charge is 0.351 e. The third-order valence-electron chi connectivity index (χ3n) is 4.91. The highest BCUT2D eigenvalue weighted by Crippen LogP contribution is 2.23.